The lowest BCUT2D eigenvalue weighted by atomic mass is 10.2. The Labute approximate surface area is 175 Å². The largest absolute Gasteiger partial charge is 0.497 e. The number of hydrazone groups is 1. The highest BCUT2D eigenvalue weighted by atomic mass is 32.2. The summed E-state index contributed by atoms with van der Waals surface area (Å²) in [7, 11) is 1.63. The van der Waals surface area contributed by atoms with Crippen LogP contribution in [0.3, 0.4) is 0 Å². The molecule has 1 fully saturated rings. The molecule has 1 N–H and O–H groups in total. The van der Waals surface area contributed by atoms with Crippen molar-refractivity contribution in [3.63, 3.8) is 0 Å². The van der Waals surface area contributed by atoms with Crippen molar-refractivity contribution < 1.29 is 14.3 Å². The SMILES string of the molecule is C=C(NN=C1SCC(=O)N1Cc1ccc(OC)cc1)c1ccc(OC(C)C)cc1. The van der Waals surface area contributed by atoms with E-state index in [2.05, 4.69) is 17.1 Å². The van der Waals surface area contributed by atoms with E-state index in [1.165, 1.54) is 11.8 Å². The minimum Gasteiger partial charge on any atom is -0.497 e. The molecule has 1 amide bonds. The van der Waals surface area contributed by atoms with Crippen LogP contribution in [0.5, 0.6) is 11.5 Å². The number of thioether (sulfide) groups is 1. The van der Waals surface area contributed by atoms with Crippen molar-refractivity contribution in [3.8, 4) is 11.5 Å². The van der Waals surface area contributed by atoms with E-state index in [9.17, 15) is 4.79 Å². The Morgan fingerprint density at radius 3 is 2.45 bits per heavy atom. The quantitative estimate of drug-likeness (QED) is 0.663. The minimum absolute atomic E-state index is 0.0344. The standard InChI is InChI=1S/C22H25N3O3S/c1-15(2)28-20-11-7-18(8-12-20)16(3)23-24-22-25(21(26)14-29-22)13-17-5-9-19(27-4)10-6-17/h5-12,15,23H,3,13-14H2,1-2,4H3. The third-order valence-corrected chi connectivity index (χ3v) is 5.18. The first kappa shape index (κ1) is 20.8. The number of amides is 1. The van der Waals surface area contributed by atoms with Crippen LogP contribution in [0.15, 0.2) is 60.2 Å². The number of nitrogens with zero attached hydrogens (tertiary/aromatic N) is 2. The number of benzene rings is 2. The van der Waals surface area contributed by atoms with E-state index in [1.807, 2.05) is 62.4 Å². The van der Waals surface area contributed by atoms with Crippen molar-refractivity contribution in [3.05, 3.63) is 66.2 Å². The molecule has 0 aromatic heterocycles. The van der Waals surface area contributed by atoms with E-state index in [4.69, 9.17) is 9.47 Å². The number of hydrogen-bond donors (Lipinski definition) is 1. The van der Waals surface area contributed by atoms with Crippen molar-refractivity contribution in [2.24, 2.45) is 5.10 Å². The molecular weight excluding hydrogens is 386 g/mol. The molecule has 29 heavy (non-hydrogen) atoms. The molecule has 1 saturated heterocycles. The van der Waals surface area contributed by atoms with Gasteiger partial charge in [0.05, 0.1) is 31.2 Å². The summed E-state index contributed by atoms with van der Waals surface area (Å²) in [6.07, 6.45) is 0.127. The summed E-state index contributed by atoms with van der Waals surface area (Å²) in [5.41, 5.74) is 5.54. The summed E-state index contributed by atoms with van der Waals surface area (Å²) < 4.78 is 10.8. The Morgan fingerprint density at radius 2 is 1.83 bits per heavy atom. The van der Waals surface area contributed by atoms with E-state index >= 15 is 0 Å². The molecule has 2 aromatic carbocycles. The predicted molar refractivity (Wildman–Crippen MR) is 118 cm³/mol. The van der Waals surface area contributed by atoms with Gasteiger partial charge in [-0.2, -0.15) is 0 Å². The fourth-order valence-electron chi connectivity index (χ4n) is 2.74. The number of methoxy groups -OCH3 is 1. The maximum absolute atomic E-state index is 12.3. The molecule has 6 nitrogen and oxygen atoms in total. The van der Waals surface area contributed by atoms with Crippen molar-refractivity contribution in [2.45, 2.75) is 26.5 Å². The van der Waals surface area contributed by atoms with Crippen LogP contribution in [0.2, 0.25) is 0 Å². The van der Waals surface area contributed by atoms with Gasteiger partial charge in [-0.25, -0.2) is 0 Å². The number of ether oxygens (including phenoxy) is 2. The Hall–Kier alpha value is -2.93. The number of nitrogens with one attached hydrogen (secondary N) is 1. The first-order valence-electron chi connectivity index (χ1n) is 9.32. The molecule has 2 aromatic rings. The topological polar surface area (TPSA) is 63.2 Å². The van der Waals surface area contributed by atoms with Crippen LogP contribution in [0.1, 0.15) is 25.0 Å². The number of carbonyl (C=O) groups is 1. The molecule has 0 bridgehead atoms. The zero-order valence-corrected chi connectivity index (χ0v) is 17.7. The molecule has 152 valence electrons. The molecule has 3 rings (SSSR count). The zero-order chi connectivity index (χ0) is 20.8. The average molecular weight is 412 g/mol. The second-order valence-corrected chi connectivity index (χ2v) is 7.73. The first-order chi connectivity index (χ1) is 14.0. The van der Waals surface area contributed by atoms with Crippen molar-refractivity contribution in [1.82, 2.24) is 10.3 Å². The highest BCUT2D eigenvalue weighted by Gasteiger charge is 2.28. The number of amidine groups is 1. The normalized spacial score (nSPS) is 15.1. The van der Waals surface area contributed by atoms with Crippen molar-refractivity contribution >= 4 is 28.5 Å². The fourth-order valence-corrected chi connectivity index (χ4v) is 3.58. The van der Waals surface area contributed by atoms with E-state index in [1.54, 1.807) is 12.0 Å². The highest BCUT2D eigenvalue weighted by molar-refractivity contribution is 8.15. The van der Waals surface area contributed by atoms with Crippen LogP contribution in [0.4, 0.5) is 0 Å². The molecule has 0 saturated carbocycles. The molecule has 0 aliphatic carbocycles. The second-order valence-electron chi connectivity index (χ2n) is 6.79. The van der Waals surface area contributed by atoms with Gasteiger partial charge >= 0.3 is 0 Å². The van der Waals surface area contributed by atoms with E-state index in [0.29, 0.717) is 23.2 Å². The fraction of sp³-hybridized carbons (Fsp3) is 0.273. The zero-order valence-electron chi connectivity index (χ0n) is 16.8. The summed E-state index contributed by atoms with van der Waals surface area (Å²) >= 11 is 1.41. The van der Waals surface area contributed by atoms with Gasteiger partial charge in [0.15, 0.2) is 5.17 Å². The van der Waals surface area contributed by atoms with Crippen molar-refractivity contribution in [1.29, 1.82) is 0 Å². The summed E-state index contributed by atoms with van der Waals surface area (Å²) in [5, 5.41) is 5.04. The maximum Gasteiger partial charge on any atom is 0.239 e. The van der Waals surface area contributed by atoms with Crippen LogP contribution in [0, 0.1) is 0 Å². The molecule has 7 heteroatoms. The van der Waals surface area contributed by atoms with Crippen molar-refractivity contribution in [2.75, 3.05) is 12.9 Å². The lowest BCUT2D eigenvalue weighted by molar-refractivity contribution is -0.124. The smallest absolute Gasteiger partial charge is 0.239 e. The average Bonchev–Trinajstić information content (AvgIpc) is 3.06. The number of carbonyl (C=O) groups excluding carboxylic acids is 1. The van der Waals surface area contributed by atoms with E-state index < -0.39 is 0 Å². The Morgan fingerprint density at radius 1 is 1.17 bits per heavy atom. The predicted octanol–water partition coefficient (Wildman–Crippen LogP) is 4.09. The lowest BCUT2D eigenvalue weighted by Crippen LogP contribution is -2.30. The van der Waals surface area contributed by atoms with Gasteiger partial charge in [0, 0.05) is 0 Å². The molecule has 1 heterocycles. The van der Waals surface area contributed by atoms with Gasteiger partial charge < -0.3 is 9.47 Å². The summed E-state index contributed by atoms with van der Waals surface area (Å²) in [5.74, 6) is 2.01. The molecule has 0 atom stereocenters. The van der Waals surface area contributed by atoms with Crippen LogP contribution in [-0.4, -0.2) is 34.9 Å². The Balaban J connectivity index is 1.64. The molecule has 1 aliphatic rings. The van der Waals surface area contributed by atoms with Gasteiger partial charge in [0.25, 0.3) is 0 Å². The van der Waals surface area contributed by atoms with Gasteiger partial charge in [-0.3, -0.25) is 15.1 Å². The maximum atomic E-state index is 12.3. The van der Waals surface area contributed by atoms with E-state index in [0.717, 1.165) is 22.6 Å². The molecular formula is C22H25N3O3S. The number of rotatable bonds is 8. The van der Waals surface area contributed by atoms with Crippen LogP contribution in [-0.2, 0) is 11.3 Å². The molecule has 1 aliphatic heterocycles. The lowest BCUT2D eigenvalue weighted by Gasteiger charge is -2.17. The molecule has 0 radical (unpaired) electrons. The first-order valence-corrected chi connectivity index (χ1v) is 10.3. The van der Waals surface area contributed by atoms with Gasteiger partial charge in [0.2, 0.25) is 5.91 Å². The monoisotopic (exact) mass is 411 g/mol. The van der Waals surface area contributed by atoms with Gasteiger partial charge in [0.1, 0.15) is 11.5 Å². The summed E-state index contributed by atoms with van der Waals surface area (Å²) in [6.45, 7) is 8.48. The second kappa shape index (κ2) is 9.52. The van der Waals surface area contributed by atoms with Crippen LogP contribution in [0.25, 0.3) is 5.70 Å². The number of hydrogen-bond acceptors (Lipinski definition) is 6. The molecule has 0 unspecified atom stereocenters. The molecule has 0 spiro atoms. The van der Waals surface area contributed by atoms with E-state index in [-0.39, 0.29) is 12.0 Å². The van der Waals surface area contributed by atoms with Gasteiger partial charge in [-0.1, -0.05) is 30.5 Å². The van der Waals surface area contributed by atoms with Gasteiger partial charge in [-0.05, 0) is 61.4 Å². The Bertz CT molecular complexity index is 893. The Kier molecular flexibility index (Phi) is 6.82. The third-order valence-electron chi connectivity index (χ3n) is 4.22. The highest BCUT2D eigenvalue weighted by Crippen LogP contribution is 2.23. The summed E-state index contributed by atoms with van der Waals surface area (Å²) in [6, 6.07) is 15.3. The summed E-state index contributed by atoms with van der Waals surface area (Å²) in [4.78, 5) is 14.0. The van der Waals surface area contributed by atoms with Crippen LogP contribution >= 0.6 is 11.8 Å². The third kappa shape index (κ3) is 5.54. The van der Waals surface area contributed by atoms with Gasteiger partial charge in [-0.15, -0.1) is 5.10 Å². The van der Waals surface area contributed by atoms with Crippen LogP contribution < -0.4 is 14.9 Å². The minimum atomic E-state index is 0.0344.